The van der Waals surface area contributed by atoms with E-state index in [0.29, 0.717) is 6.54 Å². The minimum atomic E-state index is 0.694. The molecule has 2 aromatic heterocycles. The van der Waals surface area contributed by atoms with Crippen LogP contribution in [0, 0.1) is 0 Å². The number of benzene rings is 1. The largest absolute Gasteiger partial charge is 0.357 e. The van der Waals surface area contributed by atoms with Gasteiger partial charge in [-0.25, -0.2) is 0 Å². The van der Waals surface area contributed by atoms with Crippen LogP contribution < -0.4 is 5.32 Å². The lowest BCUT2D eigenvalue weighted by Crippen LogP contribution is -2.38. The van der Waals surface area contributed by atoms with Gasteiger partial charge in [0.1, 0.15) is 0 Å². The van der Waals surface area contributed by atoms with E-state index in [9.17, 15) is 0 Å². The van der Waals surface area contributed by atoms with Crippen LogP contribution >= 0.6 is 11.6 Å². The number of aryl methyl sites for hydroxylation is 1. The first kappa shape index (κ1) is 16.5. The highest BCUT2D eigenvalue weighted by Crippen LogP contribution is 2.15. The molecule has 2 heterocycles. The molecule has 6 heteroatoms. The summed E-state index contributed by atoms with van der Waals surface area (Å²) >= 11 is 6.05. The highest BCUT2D eigenvalue weighted by atomic mass is 35.5. The zero-order valence-corrected chi connectivity index (χ0v) is 14.9. The maximum absolute atomic E-state index is 6.05. The first-order valence-corrected chi connectivity index (χ1v) is 8.24. The summed E-state index contributed by atoms with van der Waals surface area (Å²) in [5.41, 5.74) is 3.42. The Labute approximate surface area is 146 Å². The fourth-order valence-corrected chi connectivity index (χ4v) is 3.10. The molecule has 3 aromatic rings. The lowest BCUT2D eigenvalue weighted by Gasteiger charge is -2.22. The molecule has 0 amide bonds. The van der Waals surface area contributed by atoms with Gasteiger partial charge in [0.05, 0.1) is 18.1 Å². The average Bonchev–Trinajstić information content (AvgIpc) is 3.10. The number of aliphatic imine (C=N–C) groups is 1. The molecule has 0 radical (unpaired) electrons. The number of guanidine groups is 1. The molecule has 0 saturated heterocycles. The van der Waals surface area contributed by atoms with Gasteiger partial charge in [-0.2, -0.15) is 0 Å². The Hall–Kier alpha value is -2.40. The number of fused-ring (bicyclic) bond motifs is 1. The molecule has 0 unspecified atom stereocenters. The van der Waals surface area contributed by atoms with Gasteiger partial charge in [0.15, 0.2) is 5.96 Å². The van der Waals surface area contributed by atoms with Gasteiger partial charge in [0.2, 0.25) is 0 Å². The summed E-state index contributed by atoms with van der Waals surface area (Å²) in [6, 6.07) is 12.4. The molecule has 5 nitrogen and oxygen atoms in total. The molecule has 0 bridgehead atoms. The van der Waals surface area contributed by atoms with Gasteiger partial charge in [-0.1, -0.05) is 29.8 Å². The van der Waals surface area contributed by atoms with Crippen molar-refractivity contribution in [2.75, 3.05) is 14.1 Å². The minimum absolute atomic E-state index is 0.694. The molecule has 0 saturated carbocycles. The van der Waals surface area contributed by atoms with E-state index in [4.69, 9.17) is 11.6 Å². The number of rotatable bonds is 4. The van der Waals surface area contributed by atoms with E-state index in [1.54, 1.807) is 7.05 Å². The molecule has 0 aliphatic heterocycles. The minimum Gasteiger partial charge on any atom is -0.357 e. The summed E-state index contributed by atoms with van der Waals surface area (Å²) in [7, 11) is 5.80. The summed E-state index contributed by atoms with van der Waals surface area (Å²) in [6.45, 7) is 1.43. The van der Waals surface area contributed by atoms with Crippen molar-refractivity contribution in [3.8, 4) is 0 Å². The fourth-order valence-electron chi connectivity index (χ4n) is 2.83. The number of aromatic amines is 1. The van der Waals surface area contributed by atoms with E-state index >= 15 is 0 Å². The van der Waals surface area contributed by atoms with Gasteiger partial charge in [-0.05, 0) is 23.6 Å². The second kappa shape index (κ2) is 7.01. The van der Waals surface area contributed by atoms with E-state index in [1.807, 2.05) is 43.1 Å². The number of hydrogen-bond acceptors (Lipinski definition) is 1. The van der Waals surface area contributed by atoms with Crippen molar-refractivity contribution in [1.82, 2.24) is 19.8 Å². The second-order valence-electron chi connectivity index (χ2n) is 5.90. The van der Waals surface area contributed by atoms with E-state index in [2.05, 4.69) is 38.4 Å². The van der Waals surface area contributed by atoms with Gasteiger partial charge >= 0.3 is 0 Å². The molecule has 0 atom stereocenters. The third-order valence-corrected chi connectivity index (χ3v) is 4.28. The molecule has 24 heavy (non-hydrogen) atoms. The highest BCUT2D eigenvalue weighted by molar-refractivity contribution is 6.30. The fraction of sp³-hybridized carbons (Fsp3) is 0.278. The highest BCUT2D eigenvalue weighted by Gasteiger charge is 2.10. The van der Waals surface area contributed by atoms with Gasteiger partial charge < -0.3 is 19.8 Å². The molecule has 126 valence electrons. The summed E-state index contributed by atoms with van der Waals surface area (Å²) in [5, 5.41) is 5.37. The second-order valence-corrected chi connectivity index (χ2v) is 6.34. The lowest BCUT2D eigenvalue weighted by atomic mass is 10.2. The standard InChI is InChI=1S/C18H22ClN5/c1-20-18(24(3)12-16-9-14(19)11-23(16)2)21-10-15-8-13-6-4-5-7-17(13)22-15/h4-9,11,22H,10,12H2,1-3H3,(H,20,21). The third-order valence-electron chi connectivity index (χ3n) is 4.07. The first-order valence-electron chi connectivity index (χ1n) is 7.86. The van der Waals surface area contributed by atoms with Crippen molar-refractivity contribution in [3.05, 3.63) is 59.0 Å². The van der Waals surface area contributed by atoms with Crippen LogP contribution in [0.15, 0.2) is 47.6 Å². The van der Waals surface area contributed by atoms with Gasteiger partial charge in [0.25, 0.3) is 0 Å². The zero-order valence-electron chi connectivity index (χ0n) is 14.2. The van der Waals surface area contributed by atoms with Crippen molar-refractivity contribution < 1.29 is 0 Å². The number of para-hydroxylation sites is 1. The van der Waals surface area contributed by atoms with Gasteiger partial charge in [-0.15, -0.1) is 0 Å². The number of halogens is 1. The van der Waals surface area contributed by atoms with Crippen molar-refractivity contribution in [2.45, 2.75) is 13.1 Å². The Balaban J connectivity index is 1.64. The summed E-state index contributed by atoms with van der Waals surface area (Å²) < 4.78 is 2.03. The monoisotopic (exact) mass is 343 g/mol. The van der Waals surface area contributed by atoms with Crippen LogP contribution in [0.3, 0.4) is 0 Å². The Bertz CT molecular complexity index is 828. The van der Waals surface area contributed by atoms with Crippen LogP contribution in [0.2, 0.25) is 5.02 Å². The Morgan fingerprint density at radius 1 is 1.33 bits per heavy atom. The lowest BCUT2D eigenvalue weighted by molar-refractivity contribution is 0.461. The first-order chi connectivity index (χ1) is 11.6. The Morgan fingerprint density at radius 3 is 2.79 bits per heavy atom. The number of aromatic nitrogens is 2. The maximum Gasteiger partial charge on any atom is 0.194 e. The molecule has 0 fully saturated rings. The molecule has 3 rings (SSSR count). The number of nitrogens with zero attached hydrogens (tertiary/aromatic N) is 3. The average molecular weight is 344 g/mol. The van der Waals surface area contributed by atoms with E-state index in [1.165, 1.54) is 5.39 Å². The van der Waals surface area contributed by atoms with Gasteiger partial charge in [0, 0.05) is 44.2 Å². The SMILES string of the molecule is CN=C(NCc1cc2ccccc2[nH]1)N(C)Cc1cc(Cl)cn1C. The van der Waals surface area contributed by atoms with Crippen molar-refractivity contribution in [3.63, 3.8) is 0 Å². The van der Waals surface area contributed by atoms with E-state index < -0.39 is 0 Å². The van der Waals surface area contributed by atoms with Gasteiger partial charge in [-0.3, -0.25) is 4.99 Å². The van der Waals surface area contributed by atoms with Crippen LogP contribution in [0.5, 0.6) is 0 Å². The van der Waals surface area contributed by atoms with Crippen LogP contribution in [-0.4, -0.2) is 34.5 Å². The van der Waals surface area contributed by atoms with Crippen molar-refractivity contribution in [2.24, 2.45) is 12.0 Å². The molecule has 0 aliphatic carbocycles. The third kappa shape index (κ3) is 3.57. The molecule has 0 spiro atoms. The van der Waals surface area contributed by atoms with Crippen molar-refractivity contribution in [1.29, 1.82) is 0 Å². The van der Waals surface area contributed by atoms with Crippen LogP contribution in [-0.2, 0) is 20.1 Å². The van der Waals surface area contributed by atoms with Crippen LogP contribution in [0.25, 0.3) is 10.9 Å². The zero-order chi connectivity index (χ0) is 17.1. The Morgan fingerprint density at radius 2 is 2.12 bits per heavy atom. The predicted molar refractivity (Wildman–Crippen MR) is 100 cm³/mol. The topological polar surface area (TPSA) is 48.4 Å². The Kier molecular flexibility index (Phi) is 4.81. The maximum atomic E-state index is 6.05. The summed E-state index contributed by atoms with van der Waals surface area (Å²) in [6.07, 6.45) is 1.91. The van der Waals surface area contributed by atoms with E-state index in [0.717, 1.165) is 34.4 Å². The number of H-pyrrole nitrogens is 1. The molecular weight excluding hydrogens is 322 g/mol. The molecule has 1 aromatic carbocycles. The van der Waals surface area contributed by atoms with Crippen molar-refractivity contribution >= 4 is 28.5 Å². The molecular formula is C18H22ClN5. The van der Waals surface area contributed by atoms with Crippen LogP contribution in [0.4, 0.5) is 0 Å². The predicted octanol–water partition coefficient (Wildman–Crippen LogP) is 3.37. The quantitative estimate of drug-likeness (QED) is 0.563. The summed E-state index contributed by atoms with van der Waals surface area (Å²) in [5.74, 6) is 0.839. The summed E-state index contributed by atoms with van der Waals surface area (Å²) in [4.78, 5) is 9.86. The molecule has 2 N–H and O–H groups in total. The number of hydrogen-bond donors (Lipinski definition) is 2. The smallest absolute Gasteiger partial charge is 0.194 e. The molecule has 0 aliphatic rings. The normalized spacial score (nSPS) is 11.9. The van der Waals surface area contributed by atoms with Crippen LogP contribution in [0.1, 0.15) is 11.4 Å². The van der Waals surface area contributed by atoms with E-state index in [-0.39, 0.29) is 0 Å². The number of nitrogens with one attached hydrogen (secondary N) is 2.